The van der Waals surface area contributed by atoms with Gasteiger partial charge in [-0.3, -0.25) is 0 Å². The van der Waals surface area contributed by atoms with Crippen LogP contribution < -0.4 is 5.73 Å². The Morgan fingerprint density at radius 1 is 1.92 bits per heavy atom. The summed E-state index contributed by atoms with van der Waals surface area (Å²) in [7, 11) is 1.32. The maximum absolute atomic E-state index is 10.9. The van der Waals surface area contributed by atoms with Gasteiger partial charge in [-0.2, -0.15) is 0 Å². The first-order valence-corrected chi connectivity index (χ1v) is 3.69. The third kappa shape index (κ3) is 1.73. The number of carbonyl (C=O) groups is 1. The highest BCUT2D eigenvalue weighted by Crippen LogP contribution is 2.07. The number of nitrogens with zero attached hydrogens (tertiary/aromatic N) is 1. The summed E-state index contributed by atoms with van der Waals surface area (Å²) in [4.78, 5) is 14.9. The summed E-state index contributed by atoms with van der Waals surface area (Å²) < 4.78 is 9.57. The van der Waals surface area contributed by atoms with Crippen molar-refractivity contribution >= 4 is 11.9 Å². The van der Waals surface area contributed by atoms with Gasteiger partial charge < -0.3 is 15.2 Å². The van der Waals surface area contributed by atoms with Crippen molar-refractivity contribution < 1.29 is 14.3 Å². The van der Waals surface area contributed by atoms with Crippen LogP contribution in [0.4, 0.5) is 0 Å². The fourth-order valence-corrected chi connectivity index (χ4v) is 0.898. The highest BCUT2D eigenvalue weighted by atomic mass is 16.5. The van der Waals surface area contributed by atoms with Crippen LogP contribution in [0.15, 0.2) is 4.99 Å². The van der Waals surface area contributed by atoms with E-state index in [1.165, 1.54) is 7.11 Å². The molecule has 0 aromatic rings. The van der Waals surface area contributed by atoms with E-state index in [1.807, 2.05) is 0 Å². The molecule has 12 heavy (non-hydrogen) atoms. The first-order valence-electron chi connectivity index (χ1n) is 3.69. The molecule has 0 aromatic carbocycles. The average Bonchev–Trinajstić information content (AvgIpc) is 2.51. The smallest absolute Gasteiger partial charge is 0.334 e. The van der Waals surface area contributed by atoms with E-state index in [0.717, 1.165) is 0 Å². The summed E-state index contributed by atoms with van der Waals surface area (Å²) in [6, 6.07) is -0.796. The van der Waals surface area contributed by atoms with Crippen LogP contribution in [0.5, 0.6) is 0 Å². The lowest BCUT2D eigenvalue weighted by Gasteiger charge is -2.02. The third-order valence-electron chi connectivity index (χ3n) is 1.53. The Hall–Kier alpha value is -1.10. The van der Waals surface area contributed by atoms with E-state index in [4.69, 9.17) is 10.5 Å². The van der Waals surface area contributed by atoms with Crippen LogP contribution in [-0.4, -0.2) is 37.7 Å². The summed E-state index contributed by atoms with van der Waals surface area (Å²) in [5.41, 5.74) is 5.49. The molecule has 5 nitrogen and oxygen atoms in total. The van der Waals surface area contributed by atoms with Gasteiger partial charge in [-0.15, -0.1) is 0 Å². The molecule has 2 N–H and O–H groups in total. The van der Waals surface area contributed by atoms with Gasteiger partial charge in [0.05, 0.1) is 13.2 Å². The molecule has 0 saturated carbocycles. The van der Waals surface area contributed by atoms with E-state index in [-0.39, 0.29) is 18.6 Å². The van der Waals surface area contributed by atoms with Crippen LogP contribution in [-0.2, 0) is 14.3 Å². The third-order valence-corrected chi connectivity index (χ3v) is 1.53. The van der Waals surface area contributed by atoms with Gasteiger partial charge in [0.1, 0.15) is 6.61 Å². The number of esters is 1. The van der Waals surface area contributed by atoms with Gasteiger partial charge in [0.2, 0.25) is 5.90 Å². The molecular formula is C7H12N2O3. The summed E-state index contributed by atoms with van der Waals surface area (Å²) in [5.74, 6) is 0.0380. The van der Waals surface area contributed by atoms with Gasteiger partial charge >= 0.3 is 5.97 Å². The molecule has 1 heterocycles. The normalized spacial score (nSPS) is 24.2. The van der Waals surface area contributed by atoms with Crippen molar-refractivity contribution in [3.63, 3.8) is 0 Å². The van der Waals surface area contributed by atoms with Crippen LogP contribution in [0, 0.1) is 0 Å². The second-order valence-electron chi connectivity index (χ2n) is 2.61. The first-order chi connectivity index (χ1) is 5.65. The highest BCUT2D eigenvalue weighted by Gasteiger charge is 2.27. The van der Waals surface area contributed by atoms with E-state index < -0.39 is 6.04 Å². The van der Waals surface area contributed by atoms with Crippen LogP contribution in [0.2, 0.25) is 0 Å². The molecule has 0 unspecified atom stereocenters. The Kier molecular flexibility index (Phi) is 2.65. The van der Waals surface area contributed by atoms with Crippen LogP contribution in [0.25, 0.3) is 0 Å². The van der Waals surface area contributed by atoms with Crippen molar-refractivity contribution in [3.05, 3.63) is 0 Å². The van der Waals surface area contributed by atoms with Crippen molar-refractivity contribution in [2.45, 2.75) is 19.0 Å². The van der Waals surface area contributed by atoms with Gasteiger partial charge in [-0.1, -0.05) is 0 Å². The predicted molar refractivity (Wildman–Crippen MR) is 42.8 cm³/mol. The first kappa shape index (κ1) is 8.99. The van der Waals surface area contributed by atoms with Gasteiger partial charge in [-0.05, 0) is 6.92 Å². The van der Waals surface area contributed by atoms with E-state index in [0.29, 0.717) is 5.90 Å². The molecule has 0 fully saturated rings. The molecule has 0 aliphatic carbocycles. The minimum Gasteiger partial charge on any atom is -0.477 e. The topological polar surface area (TPSA) is 73.9 Å². The Morgan fingerprint density at radius 3 is 3.00 bits per heavy atom. The van der Waals surface area contributed by atoms with E-state index >= 15 is 0 Å². The van der Waals surface area contributed by atoms with E-state index in [2.05, 4.69) is 9.73 Å². The lowest BCUT2D eigenvalue weighted by Crippen LogP contribution is -2.26. The SMILES string of the molecule is COC(=O)[C@H]1COC([C@H](C)N)=N1. The minimum absolute atomic E-state index is 0.240. The molecule has 1 aliphatic heterocycles. The van der Waals surface area contributed by atoms with Gasteiger partial charge in [0.25, 0.3) is 0 Å². The van der Waals surface area contributed by atoms with Crippen molar-refractivity contribution in [1.29, 1.82) is 0 Å². The second kappa shape index (κ2) is 3.53. The fraction of sp³-hybridized carbons (Fsp3) is 0.714. The Morgan fingerprint density at radius 2 is 2.58 bits per heavy atom. The quantitative estimate of drug-likeness (QED) is 0.559. The van der Waals surface area contributed by atoms with Gasteiger partial charge in [0.15, 0.2) is 6.04 Å². The van der Waals surface area contributed by atoms with E-state index in [1.54, 1.807) is 6.92 Å². The lowest BCUT2D eigenvalue weighted by atomic mass is 10.3. The number of aliphatic imine (C=N–C) groups is 1. The molecule has 0 radical (unpaired) electrons. The molecular weight excluding hydrogens is 160 g/mol. The Balaban J connectivity index is 2.58. The summed E-state index contributed by atoms with van der Waals surface area (Å²) in [6.45, 7) is 1.99. The lowest BCUT2D eigenvalue weighted by molar-refractivity contribution is -0.142. The number of hydrogen-bond acceptors (Lipinski definition) is 5. The molecule has 2 atom stereocenters. The molecule has 5 heteroatoms. The zero-order chi connectivity index (χ0) is 9.14. The van der Waals surface area contributed by atoms with Crippen molar-refractivity contribution in [2.75, 3.05) is 13.7 Å². The fourth-order valence-electron chi connectivity index (χ4n) is 0.898. The average molecular weight is 172 g/mol. The maximum Gasteiger partial charge on any atom is 0.334 e. The number of rotatable bonds is 2. The highest BCUT2D eigenvalue weighted by molar-refractivity contribution is 5.88. The molecule has 68 valence electrons. The van der Waals surface area contributed by atoms with Crippen molar-refractivity contribution in [3.8, 4) is 0 Å². The molecule has 0 saturated heterocycles. The molecule has 1 aliphatic rings. The predicted octanol–water partition coefficient (Wildman–Crippen LogP) is -0.696. The number of nitrogens with two attached hydrogens (primary N) is 1. The van der Waals surface area contributed by atoms with Gasteiger partial charge in [0, 0.05) is 0 Å². The molecule has 1 rings (SSSR count). The van der Waals surface area contributed by atoms with Crippen molar-refractivity contribution in [1.82, 2.24) is 0 Å². The number of ether oxygens (including phenoxy) is 2. The van der Waals surface area contributed by atoms with E-state index in [9.17, 15) is 4.79 Å². The number of hydrogen-bond donors (Lipinski definition) is 1. The van der Waals surface area contributed by atoms with Crippen molar-refractivity contribution in [2.24, 2.45) is 10.7 Å². The number of methoxy groups -OCH3 is 1. The zero-order valence-corrected chi connectivity index (χ0v) is 7.11. The molecule has 0 bridgehead atoms. The monoisotopic (exact) mass is 172 g/mol. The second-order valence-corrected chi connectivity index (χ2v) is 2.61. The summed E-state index contributed by atoms with van der Waals surface area (Å²) >= 11 is 0. The van der Waals surface area contributed by atoms with Crippen LogP contribution >= 0.6 is 0 Å². The van der Waals surface area contributed by atoms with Gasteiger partial charge in [-0.25, -0.2) is 9.79 Å². The Labute approximate surface area is 70.5 Å². The molecule has 0 amide bonds. The van der Waals surface area contributed by atoms with Crippen LogP contribution in [0.1, 0.15) is 6.92 Å². The summed E-state index contributed by atoms with van der Waals surface area (Å²) in [5, 5.41) is 0. The minimum atomic E-state index is -0.531. The number of carbonyl (C=O) groups excluding carboxylic acids is 1. The largest absolute Gasteiger partial charge is 0.477 e. The molecule has 0 spiro atoms. The summed E-state index contributed by atoms with van der Waals surface area (Å²) in [6.07, 6.45) is 0. The zero-order valence-electron chi connectivity index (χ0n) is 7.11. The molecule has 0 aromatic heterocycles. The standard InChI is InChI=1S/C7H12N2O3/c1-4(8)6-9-5(3-12-6)7(10)11-2/h4-5H,3,8H2,1-2H3/t4-,5+/m0/s1. The maximum atomic E-state index is 10.9. The van der Waals surface area contributed by atoms with Crippen LogP contribution in [0.3, 0.4) is 0 Å². The Bertz CT molecular complexity index is 213.